The van der Waals surface area contributed by atoms with Gasteiger partial charge in [0.15, 0.2) is 0 Å². The van der Waals surface area contributed by atoms with Gasteiger partial charge in [-0.15, -0.1) is 0 Å². The van der Waals surface area contributed by atoms with Gasteiger partial charge >= 0.3 is 5.69 Å². The number of aromatic nitrogens is 3. The Balaban J connectivity index is 1.87. The molecule has 17 heavy (non-hydrogen) atoms. The van der Waals surface area contributed by atoms with Crippen molar-refractivity contribution in [1.82, 2.24) is 15.0 Å². The van der Waals surface area contributed by atoms with E-state index in [-0.39, 0.29) is 11.9 Å². The van der Waals surface area contributed by atoms with Crippen LogP contribution in [-0.2, 0) is 0 Å². The van der Waals surface area contributed by atoms with Crippen molar-refractivity contribution in [3.8, 4) is 0 Å². The second-order valence-electron chi connectivity index (χ2n) is 4.26. The Labute approximate surface area is 97.7 Å². The van der Waals surface area contributed by atoms with Crippen LogP contribution < -0.4 is 11.4 Å². The summed E-state index contributed by atoms with van der Waals surface area (Å²) in [5.41, 5.74) is 6.32. The fourth-order valence-electron chi connectivity index (χ4n) is 2.16. The fraction of sp³-hybridized carbons (Fsp3) is 0.250. The first-order valence-electron chi connectivity index (χ1n) is 5.53. The smallest absolute Gasteiger partial charge is 0.349 e. The Bertz CT molecular complexity index is 593. The second-order valence-corrected chi connectivity index (χ2v) is 4.26. The van der Waals surface area contributed by atoms with Crippen molar-refractivity contribution >= 4 is 5.95 Å². The van der Waals surface area contributed by atoms with Crippen molar-refractivity contribution in [2.75, 3.05) is 5.73 Å². The van der Waals surface area contributed by atoms with Crippen LogP contribution in [0.1, 0.15) is 29.6 Å². The van der Waals surface area contributed by atoms with Gasteiger partial charge < -0.3 is 5.73 Å². The van der Waals surface area contributed by atoms with Gasteiger partial charge in [-0.25, -0.2) is 4.79 Å². The Hall–Kier alpha value is -2.17. The van der Waals surface area contributed by atoms with E-state index in [4.69, 9.17) is 5.73 Å². The first-order chi connectivity index (χ1) is 8.24. The predicted octanol–water partition coefficient (Wildman–Crippen LogP) is 1.02. The van der Waals surface area contributed by atoms with Crippen LogP contribution in [0.3, 0.4) is 0 Å². The number of nitrogen functional groups attached to an aromatic ring is 1. The summed E-state index contributed by atoms with van der Waals surface area (Å²) in [4.78, 5) is 21.4. The Morgan fingerprint density at radius 3 is 2.65 bits per heavy atom. The highest BCUT2D eigenvalue weighted by Gasteiger charge is 2.41. The highest BCUT2D eigenvalue weighted by atomic mass is 16.1. The monoisotopic (exact) mass is 228 g/mol. The second kappa shape index (κ2) is 3.69. The minimum atomic E-state index is -0.425. The first-order valence-corrected chi connectivity index (χ1v) is 5.53. The third kappa shape index (κ3) is 1.91. The standard InChI is InChI=1S/C12H12N4O/c13-11-14-10(15-12(17)16-11)9-6-8(9)7-4-2-1-3-5-7/h1-5,8-9H,6H2,(H3,13,14,15,16,17). The molecule has 0 radical (unpaired) electrons. The molecule has 1 aromatic carbocycles. The van der Waals surface area contributed by atoms with Crippen LogP contribution in [-0.4, -0.2) is 15.0 Å². The summed E-state index contributed by atoms with van der Waals surface area (Å²) in [5.74, 6) is 1.38. The maximum absolute atomic E-state index is 11.2. The summed E-state index contributed by atoms with van der Waals surface area (Å²) >= 11 is 0. The van der Waals surface area contributed by atoms with E-state index in [2.05, 4.69) is 27.1 Å². The molecule has 3 rings (SSSR count). The average molecular weight is 228 g/mol. The lowest BCUT2D eigenvalue weighted by Crippen LogP contribution is -2.17. The number of anilines is 1. The molecule has 0 saturated heterocycles. The number of rotatable bonds is 2. The minimum absolute atomic E-state index is 0.0439. The van der Waals surface area contributed by atoms with Crippen LogP contribution in [0.15, 0.2) is 35.1 Å². The Kier molecular flexibility index (Phi) is 2.18. The van der Waals surface area contributed by atoms with Crippen molar-refractivity contribution in [3.63, 3.8) is 0 Å². The average Bonchev–Trinajstić information content (AvgIpc) is 3.09. The molecule has 1 aliphatic carbocycles. The number of hydrogen-bond donors (Lipinski definition) is 2. The molecule has 2 aromatic rings. The summed E-state index contributed by atoms with van der Waals surface area (Å²) in [6.07, 6.45) is 0.996. The molecule has 86 valence electrons. The molecule has 1 aromatic heterocycles. The van der Waals surface area contributed by atoms with Gasteiger partial charge in [-0.1, -0.05) is 30.3 Å². The third-order valence-electron chi connectivity index (χ3n) is 3.06. The third-order valence-corrected chi connectivity index (χ3v) is 3.06. The van der Waals surface area contributed by atoms with E-state index >= 15 is 0 Å². The largest absolute Gasteiger partial charge is 0.368 e. The van der Waals surface area contributed by atoms with E-state index in [1.165, 1.54) is 5.56 Å². The summed E-state index contributed by atoms with van der Waals surface area (Å²) in [5, 5.41) is 0. The number of nitrogens with zero attached hydrogens (tertiary/aromatic N) is 2. The van der Waals surface area contributed by atoms with Crippen LogP contribution in [0.2, 0.25) is 0 Å². The highest BCUT2D eigenvalue weighted by molar-refractivity contribution is 5.32. The van der Waals surface area contributed by atoms with Crippen molar-refractivity contribution in [2.24, 2.45) is 0 Å². The maximum atomic E-state index is 11.2. The minimum Gasteiger partial charge on any atom is -0.368 e. The van der Waals surface area contributed by atoms with E-state index in [0.717, 1.165) is 6.42 Å². The van der Waals surface area contributed by atoms with Gasteiger partial charge in [0.2, 0.25) is 5.95 Å². The molecule has 5 nitrogen and oxygen atoms in total. The quantitative estimate of drug-likeness (QED) is 0.803. The number of benzene rings is 1. The summed E-state index contributed by atoms with van der Waals surface area (Å²) in [6, 6.07) is 10.2. The zero-order valence-electron chi connectivity index (χ0n) is 9.13. The highest BCUT2D eigenvalue weighted by Crippen LogP contribution is 2.53. The summed E-state index contributed by atoms with van der Waals surface area (Å²) in [6.45, 7) is 0. The molecule has 3 N–H and O–H groups in total. The van der Waals surface area contributed by atoms with E-state index in [1.54, 1.807) is 0 Å². The molecular weight excluding hydrogens is 216 g/mol. The van der Waals surface area contributed by atoms with Gasteiger partial charge in [0.05, 0.1) is 0 Å². The maximum Gasteiger partial charge on any atom is 0.349 e. The lowest BCUT2D eigenvalue weighted by Gasteiger charge is -2.00. The van der Waals surface area contributed by atoms with Crippen LogP contribution in [0.5, 0.6) is 0 Å². The molecular formula is C12H12N4O. The fourth-order valence-corrected chi connectivity index (χ4v) is 2.16. The number of H-pyrrole nitrogens is 1. The molecule has 2 unspecified atom stereocenters. The van der Waals surface area contributed by atoms with Gasteiger partial charge in [-0.3, -0.25) is 4.98 Å². The molecule has 1 fully saturated rings. The van der Waals surface area contributed by atoms with Gasteiger partial charge in [0.25, 0.3) is 0 Å². The lowest BCUT2D eigenvalue weighted by atomic mass is 10.1. The van der Waals surface area contributed by atoms with Crippen LogP contribution in [0.4, 0.5) is 5.95 Å². The molecule has 0 bridgehead atoms. The summed E-state index contributed by atoms with van der Waals surface area (Å²) in [7, 11) is 0. The van der Waals surface area contributed by atoms with E-state index < -0.39 is 5.69 Å². The van der Waals surface area contributed by atoms with Crippen molar-refractivity contribution in [3.05, 3.63) is 52.2 Å². The Morgan fingerprint density at radius 2 is 1.94 bits per heavy atom. The lowest BCUT2D eigenvalue weighted by molar-refractivity contribution is 0.846. The SMILES string of the molecule is Nc1nc(C2CC2c2ccccc2)[nH]c(=O)n1. The number of hydrogen-bond acceptors (Lipinski definition) is 4. The molecule has 0 aliphatic heterocycles. The zero-order chi connectivity index (χ0) is 11.8. The molecule has 1 saturated carbocycles. The van der Waals surface area contributed by atoms with Crippen molar-refractivity contribution < 1.29 is 0 Å². The van der Waals surface area contributed by atoms with Gasteiger partial charge in [-0.2, -0.15) is 9.97 Å². The van der Waals surface area contributed by atoms with Gasteiger partial charge in [0.1, 0.15) is 5.82 Å². The molecule has 1 aliphatic rings. The molecule has 0 amide bonds. The number of nitrogens with one attached hydrogen (secondary N) is 1. The number of aromatic amines is 1. The van der Waals surface area contributed by atoms with Crippen LogP contribution in [0.25, 0.3) is 0 Å². The van der Waals surface area contributed by atoms with Crippen molar-refractivity contribution in [1.29, 1.82) is 0 Å². The molecule has 2 atom stereocenters. The predicted molar refractivity (Wildman–Crippen MR) is 63.6 cm³/mol. The van der Waals surface area contributed by atoms with E-state index in [9.17, 15) is 4.79 Å². The molecule has 0 spiro atoms. The van der Waals surface area contributed by atoms with Gasteiger partial charge in [-0.05, 0) is 17.9 Å². The Morgan fingerprint density at radius 1 is 1.18 bits per heavy atom. The topological polar surface area (TPSA) is 84.7 Å². The zero-order valence-corrected chi connectivity index (χ0v) is 9.13. The normalized spacial score (nSPS) is 22.4. The summed E-state index contributed by atoms with van der Waals surface area (Å²) < 4.78 is 0. The first kappa shape index (κ1) is 10.0. The van der Waals surface area contributed by atoms with E-state index in [0.29, 0.717) is 11.7 Å². The van der Waals surface area contributed by atoms with Crippen molar-refractivity contribution in [2.45, 2.75) is 18.3 Å². The van der Waals surface area contributed by atoms with Gasteiger partial charge in [0, 0.05) is 5.92 Å². The number of nitrogens with two attached hydrogens (primary N) is 1. The van der Waals surface area contributed by atoms with E-state index in [1.807, 2.05) is 18.2 Å². The van der Waals surface area contributed by atoms with Crippen LogP contribution >= 0.6 is 0 Å². The van der Waals surface area contributed by atoms with Crippen LogP contribution in [0, 0.1) is 0 Å². The molecule has 1 heterocycles. The molecule has 5 heteroatoms.